The number of rotatable bonds is 5. The second-order valence-electron chi connectivity index (χ2n) is 5.69. The first-order valence-corrected chi connectivity index (χ1v) is 7.25. The van der Waals surface area contributed by atoms with Crippen LogP contribution in [0.1, 0.15) is 45.2 Å². The summed E-state index contributed by atoms with van der Waals surface area (Å²) in [6.07, 6.45) is 1.80. The molecule has 0 fully saturated rings. The maximum absolute atomic E-state index is 13.5. The second-order valence-corrected chi connectivity index (χ2v) is 5.69. The molecule has 1 N–H and O–H groups in total. The fraction of sp³-hybridized carbons (Fsp3) is 0.625. The van der Waals surface area contributed by atoms with Crippen LogP contribution in [0.4, 0.5) is 4.39 Å². The number of ether oxygens (including phenoxy) is 2. The van der Waals surface area contributed by atoms with Crippen LogP contribution in [0.15, 0.2) is 18.2 Å². The third-order valence-corrected chi connectivity index (χ3v) is 4.16. The molecule has 2 rings (SSSR count). The van der Waals surface area contributed by atoms with E-state index in [-0.39, 0.29) is 18.0 Å². The van der Waals surface area contributed by atoms with Crippen LogP contribution < -0.4 is 10.1 Å². The first-order chi connectivity index (χ1) is 9.50. The van der Waals surface area contributed by atoms with Crippen molar-refractivity contribution in [3.05, 3.63) is 29.6 Å². The Hall–Kier alpha value is -1.13. The molecular weight excluding hydrogens is 257 g/mol. The van der Waals surface area contributed by atoms with Gasteiger partial charge in [0, 0.05) is 31.2 Å². The van der Waals surface area contributed by atoms with E-state index in [4.69, 9.17) is 9.47 Å². The molecule has 112 valence electrons. The highest BCUT2D eigenvalue weighted by atomic mass is 19.1. The SMILES string of the molecule is CCCNC1CC(C)(C(C)OC)Oc2cc(F)ccc21. The molecule has 3 atom stereocenters. The third kappa shape index (κ3) is 2.96. The highest BCUT2D eigenvalue weighted by molar-refractivity contribution is 5.39. The fourth-order valence-electron chi connectivity index (χ4n) is 2.69. The van der Waals surface area contributed by atoms with E-state index in [0.717, 1.165) is 24.9 Å². The van der Waals surface area contributed by atoms with Crippen molar-refractivity contribution in [2.45, 2.75) is 51.4 Å². The summed E-state index contributed by atoms with van der Waals surface area (Å²) < 4.78 is 25.0. The lowest BCUT2D eigenvalue weighted by atomic mass is 9.85. The molecule has 0 saturated heterocycles. The van der Waals surface area contributed by atoms with Gasteiger partial charge in [0.15, 0.2) is 0 Å². The van der Waals surface area contributed by atoms with Gasteiger partial charge in [-0.3, -0.25) is 0 Å². The Morgan fingerprint density at radius 3 is 2.95 bits per heavy atom. The summed E-state index contributed by atoms with van der Waals surface area (Å²) in [6.45, 7) is 7.07. The molecule has 0 aromatic heterocycles. The van der Waals surface area contributed by atoms with Gasteiger partial charge in [0.2, 0.25) is 0 Å². The quantitative estimate of drug-likeness (QED) is 0.896. The molecule has 0 radical (unpaired) electrons. The number of benzene rings is 1. The summed E-state index contributed by atoms with van der Waals surface area (Å²) in [4.78, 5) is 0. The standard InChI is InChI=1S/C16H24FNO2/c1-5-8-18-14-10-16(3,11(2)19-4)20-15-9-12(17)6-7-13(14)15/h6-7,9,11,14,18H,5,8,10H2,1-4H3. The normalized spacial score (nSPS) is 26.8. The van der Waals surface area contributed by atoms with E-state index in [0.29, 0.717) is 5.75 Å². The highest BCUT2D eigenvalue weighted by Gasteiger charge is 2.41. The van der Waals surface area contributed by atoms with Crippen LogP contribution in [0.3, 0.4) is 0 Å². The Morgan fingerprint density at radius 1 is 1.55 bits per heavy atom. The zero-order chi connectivity index (χ0) is 14.8. The minimum absolute atomic E-state index is 0.0650. The van der Waals surface area contributed by atoms with E-state index in [1.165, 1.54) is 12.1 Å². The zero-order valence-electron chi connectivity index (χ0n) is 12.7. The van der Waals surface area contributed by atoms with Crippen molar-refractivity contribution in [3.63, 3.8) is 0 Å². The Bertz CT molecular complexity index is 466. The van der Waals surface area contributed by atoms with Gasteiger partial charge in [-0.05, 0) is 32.9 Å². The van der Waals surface area contributed by atoms with E-state index >= 15 is 0 Å². The maximum atomic E-state index is 13.5. The van der Waals surface area contributed by atoms with Gasteiger partial charge in [0.25, 0.3) is 0 Å². The van der Waals surface area contributed by atoms with Gasteiger partial charge in [-0.1, -0.05) is 13.0 Å². The van der Waals surface area contributed by atoms with Crippen LogP contribution in [-0.2, 0) is 4.74 Å². The molecule has 4 heteroatoms. The van der Waals surface area contributed by atoms with Gasteiger partial charge >= 0.3 is 0 Å². The predicted octanol–water partition coefficient (Wildman–Crippen LogP) is 3.44. The van der Waals surface area contributed by atoms with Crippen LogP contribution in [0, 0.1) is 5.82 Å². The van der Waals surface area contributed by atoms with E-state index in [9.17, 15) is 4.39 Å². The molecule has 1 aromatic rings. The van der Waals surface area contributed by atoms with Gasteiger partial charge in [0.1, 0.15) is 17.2 Å². The molecule has 0 spiro atoms. The molecular formula is C16H24FNO2. The van der Waals surface area contributed by atoms with Crippen molar-refractivity contribution in [3.8, 4) is 5.75 Å². The smallest absolute Gasteiger partial charge is 0.134 e. The van der Waals surface area contributed by atoms with Crippen molar-refractivity contribution >= 4 is 0 Å². The summed E-state index contributed by atoms with van der Waals surface area (Å²) in [5, 5.41) is 3.52. The molecule has 1 aromatic carbocycles. The Kier molecular flexibility index (Phi) is 4.66. The highest BCUT2D eigenvalue weighted by Crippen LogP contribution is 2.41. The van der Waals surface area contributed by atoms with Crippen molar-refractivity contribution in [1.82, 2.24) is 5.32 Å². The Balaban J connectivity index is 2.33. The number of hydrogen-bond donors (Lipinski definition) is 1. The van der Waals surface area contributed by atoms with E-state index in [1.807, 2.05) is 19.9 Å². The molecule has 0 aliphatic carbocycles. The van der Waals surface area contributed by atoms with Gasteiger partial charge in [0.05, 0.1) is 6.10 Å². The van der Waals surface area contributed by atoms with Crippen LogP contribution in [0.2, 0.25) is 0 Å². The van der Waals surface area contributed by atoms with Gasteiger partial charge in [-0.15, -0.1) is 0 Å². The van der Waals surface area contributed by atoms with Crippen LogP contribution in [0.25, 0.3) is 0 Å². The van der Waals surface area contributed by atoms with Crippen molar-refractivity contribution < 1.29 is 13.9 Å². The summed E-state index contributed by atoms with van der Waals surface area (Å²) >= 11 is 0. The number of methoxy groups -OCH3 is 1. The first kappa shape index (κ1) is 15.3. The fourth-order valence-corrected chi connectivity index (χ4v) is 2.69. The van der Waals surface area contributed by atoms with Gasteiger partial charge in [-0.25, -0.2) is 4.39 Å². The Morgan fingerprint density at radius 2 is 2.30 bits per heavy atom. The van der Waals surface area contributed by atoms with Crippen LogP contribution >= 0.6 is 0 Å². The zero-order valence-corrected chi connectivity index (χ0v) is 12.7. The molecule has 1 heterocycles. The molecule has 0 amide bonds. The molecule has 0 bridgehead atoms. The number of hydrogen-bond acceptors (Lipinski definition) is 3. The summed E-state index contributed by atoms with van der Waals surface area (Å²) in [7, 11) is 1.68. The predicted molar refractivity (Wildman–Crippen MR) is 77.6 cm³/mol. The van der Waals surface area contributed by atoms with Crippen molar-refractivity contribution in [2.75, 3.05) is 13.7 Å². The minimum atomic E-state index is -0.457. The van der Waals surface area contributed by atoms with Gasteiger partial charge in [-0.2, -0.15) is 0 Å². The van der Waals surface area contributed by atoms with E-state index in [1.54, 1.807) is 7.11 Å². The second kappa shape index (κ2) is 6.10. The van der Waals surface area contributed by atoms with Crippen molar-refractivity contribution in [2.24, 2.45) is 0 Å². The molecule has 1 aliphatic rings. The lowest BCUT2D eigenvalue weighted by molar-refractivity contribution is -0.0733. The maximum Gasteiger partial charge on any atom is 0.134 e. The van der Waals surface area contributed by atoms with Gasteiger partial charge < -0.3 is 14.8 Å². The number of nitrogens with one attached hydrogen (secondary N) is 1. The average molecular weight is 281 g/mol. The third-order valence-electron chi connectivity index (χ3n) is 4.16. The lowest BCUT2D eigenvalue weighted by Gasteiger charge is -2.43. The summed E-state index contributed by atoms with van der Waals surface area (Å²) in [6, 6.07) is 4.94. The average Bonchev–Trinajstić information content (AvgIpc) is 2.43. The van der Waals surface area contributed by atoms with E-state index < -0.39 is 5.60 Å². The monoisotopic (exact) mass is 281 g/mol. The largest absolute Gasteiger partial charge is 0.484 e. The minimum Gasteiger partial charge on any atom is -0.484 e. The first-order valence-electron chi connectivity index (χ1n) is 7.25. The summed E-state index contributed by atoms with van der Waals surface area (Å²) in [5.74, 6) is 0.351. The van der Waals surface area contributed by atoms with E-state index in [2.05, 4.69) is 12.2 Å². The molecule has 20 heavy (non-hydrogen) atoms. The van der Waals surface area contributed by atoms with Crippen LogP contribution in [-0.4, -0.2) is 25.4 Å². The van der Waals surface area contributed by atoms with Crippen LogP contribution in [0.5, 0.6) is 5.75 Å². The number of halogens is 1. The number of fused-ring (bicyclic) bond motifs is 1. The van der Waals surface area contributed by atoms with Crippen molar-refractivity contribution in [1.29, 1.82) is 0 Å². The molecule has 0 saturated carbocycles. The Labute approximate surface area is 120 Å². The lowest BCUT2D eigenvalue weighted by Crippen LogP contribution is -2.50. The molecule has 3 unspecified atom stereocenters. The topological polar surface area (TPSA) is 30.5 Å². The summed E-state index contributed by atoms with van der Waals surface area (Å²) in [5.41, 5.74) is 0.571. The molecule has 1 aliphatic heterocycles. The molecule has 3 nitrogen and oxygen atoms in total.